The second-order valence-corrected chi connectivity index (χ2v) is 4.52. The molecule has 0 radical (unpaired) electrons. The maximum absolute atomic E-state index is 6.14. The van der Waals surface area contributed by atoms with E-state index < -0.39 is 0 Å². The van der Waals surface area contributed by atoms with Gasteiger partial charge in [0.25, 0.3) is 0 Å². The van der Waals surface area contributed by atoms with E-state index in [0.717, 1.165) is 26.1 Å². The van der Waals surface area contributed by atoms with Crippen LogP contribution in [0.5, 0.6) is 0 Å². The lowest BCUT2D eigenvalue weighted by atomic mass is 10.0. The van der Waals surface area contributed by atoms with Crippen molar-refractivity contribution in [2.75, 3.05) is 26.2 Å². The van der Waals surface area contributed by atoms with Crippen LogP contribution in [-0.2, 0) is 4.74 Å². The Kier molecular flexibility index (Phi) is 6.22. The predicted molar refractivity (Wildman–Crippen MR) is 64.0 cm³/mol. The van der Waals surface area contributed by atoms with Crippen LogP contribution in [0.15, 0.2) is 0 Å². The van der Waals surface area contributed by atoms with E-state index in [4.69, 9.17) is 10.5 Å². The molecule has 0 aliphatic carbocycles. The molecule has 3 heteroatoms. The number of hydrogen-bond acceptors (Lipinski definition) is 3. The van der Waals surface area contributed by atoms with Crippen LogP contribution in [0, 0.1) is 0 Å². The number of morpholine rings is 1. The van der Waals surface area contributed by atoms with Gasteiger partial charge in [0.2, 0.25) is 0 Å². The van der Waals surface area contributed by atoms with Crippen LogP contribution in [0.1, 0.15) is 39.5 Å². The van der Waals surface area contributed by atoms with Gasteiger partial charge in [0.15, 0.2) is 0 Å². The van der Waals surface area contributed by atoms with E-state index in [9.17, 15) is 0 Å². The predicted octanol–water partition coefficient (Wildman–Crippen LogP) is 1.61. The first kappa shape index (κ1) is 12.9. The lowest BCUT2D eigenvalue weighted by Gasteiger charge is -2.35. The summed E-state index contributed by atoms with van der Waals surface area (Å²) in [5.41, 5.74) is 6.14. The van der Waals surface area contributed by atoms with Gasteiger partial charge in [-0.3, -0.25) is 4.90 Å². The van der Waals surface area contributed by atoms with Gasteiger partial charge in [-0.25, -0.2) is 0 Å². The van der Waals surface area contributed by atoms with Crippen molar-refractivity contribution in [3.05, 3.63) is 0 Å². The highest BCUT2D eigenvalue weighted by molar-refractivity contribution is 4.80. The third kappa shape index (κ3) is 4.49. The lowest BCUT2D eigenvalue weighted by molar-refractivity contribution is -0.0415. The molecule has 0 amide bonds. The lowest BCUT2D eigenvalue weighted by Crippen LogP contribution is -2.50. The molecule has 3 nitrogen and oxygen atoms in total. The first-order valence-electron chi connectivity index (χ1n) is 6.37. The summed E-state index contributed by atoms with van der Waals surface area (Å²) in [5, 5.41) is 0. The topological polar surface area (TPSA) is 38.5 Å². The summed E-state index contributed by atoms with van der Waals surface area (Å²) in [7, 11) is 0. The van der Waals surface area contributed by atoms with Crippen molar-refractivity contribution in [3.63, 3.8) is 0 Å². The molecule has 1 aliphatic rings. The van der Waals surface area contributed by atoms with E-state index >= 15 is 0 Å². The fourth-order valence-corrected chi connectivity index (χ4v) is 2.14. The third-order valence-electron chi connectivity index (χ3n) is 3.09. The first-order valence-corrected chi connectivity index (χ1v) is 6.37. The molecule has 1 rings (SSSR count). The quantitative estimate of drug-likeness (QED) is 0.730. The summed E-state index contributed by atoms with van der Waals surface area (Å²) < 4.78 is 5.75. The van der Waals surface area contributed by atoms with Crippen LogP contribution in [0.4, 0.5) is 0 Å². The van der Waals surface area contributed by atoms with E-state index in [1.165, 1.54) is 25.8 Å². The Balaban J connectivity index is 2.27. The molecule has 0 saturated carbocycles. The standard InChI is InChI=1S/C12H26N2O/c1-3-5-6-11(13)12-10-14(7-4-2)8-9-15-12/h11-12H,3-10,13H2,1-2H3. The Morgan fingerprint density at radius 1 is 1.40 bits per heavy atom. The maximum Gasteiger partial charge on any atom is 0.0853 e. The molecule has 1 heterocycles. The third-order valence-corrected chi connectivity index (χ3v) is 3.09. The molecule has 1 fully saturated rings. The normalized spacial score (nSPS) is 25.4. The average Bonchev–Trinajstić information content (AvgIpc) is 2.27. The van der Waals surface area contributed by atoms with E-state index in [1.807, 2.05) is 0 Å². The van der Waals surface area contributed by atoms with Crippen molar-refractivity contribution >= 4 is 0 Å². The molecular weight excluding hydrogens is 188 g/mol. The Morgan fingerprint density at radius 2 is 2.20 bits per heavy atom. The molecule has 0 aromatic heterocycles. The summed E-state index contributed by atoms with van der Waals surface area (Å²) in [4.78, 5) is 2.47. The van der Waals surface area contributed by atoms with E-state index in [0.29, 0.717) is 0 Å². The zero-order valence-electron chi connectivity index (χ0n) is 10.2. The number of rotatable bonds is 6. The summed E-state index contributed by atoms with van der Waals surface area (Å²) >= 11 is 0. The second kappa shape index (κ2) is 7.20. The molecule has 0 spiro atoms. The highest BCUT2D eigenvalue weighted by Gasteiger charge is 2.24. The van der Waals surface area contributed by atoms with Gasteiger partial charge in [0.1, 0.15) is 0 Å². The Bertz CT molecular complexity index is 162. The second-order valence-electron chi connectivity index (χ2n) is 4.52. The minimum atomic E-state index is 0.226. The number of ether oxygens (including phenoxy) is 1. The first-order chi connectivity index (χ1) is 7.27. The fraction of sp³-hybridized carbons (Fsp3) is 1.00. The molecule has 0 aromatic rings. The van der Waals surface area contributed by atoms with Crippen LogP contribution in [-0.4, -0.2) is 43.3 Å². The van der Waals surface area contributed by atoms with Crippen LogP contribution in [0.3, 0.4) is 0 Å². The highest BCUT2D eigenvalue weighted by atomic mass is 16.5. The molecule has 1 aliphatic heterocycles. The van der Waals surface area contributed by atoms with Crippen LogP contribution >= 0.6 is 0 Å². The molecule has 90 valence electrons. The number of nitrogens with zero attached hydrogens (tertiary/aromatic N) is 1. The number of unbranched alkanes of at least 4 members (excludes halogenated alkanes) is 1. The van der Waals surface area contributed by atoms with Gasteiger partial charge in [-0.15, -0.1) is 0 Å². The zero-order valence-corrected chi connectivity index (χ0v) is 10.2. The SMILES string of the molecule is CCCCC(N)C1CN(CCC)CCO1. The monoisotopic (exact) mass is 214 g/mol. The average molecular weight is 214 g/mol. The molecule has 0 bridgehead atoms. The van der Waals surface area contributed by atoms with E-state index in [1.54, 1.807) is 0 Å². The van der Waals surface area contributed by atoms with Gasteiger partial charge in [0, 0.05) is 19.1 Å². The van der Waals surface area contributed by atoms with Gasteiger partial charge in [0.05, 0.1) is 12.7 Å². The van der Waals surface area contributed by atoms with Gasteiger partial charge >= 0.3 is 0 Å². The molecule has 0 aromatic carbocycles. The van der Waals surface area contributed by atoms with Crippen LogP contribution < -0.4 is 5.73 Å². The molecular formula is C12H26N2O. The largest absolute Gasteiger partial charge is 0.374 e. The smallest absolute Gasteiger partial charge is 0.0853 e. The fourth-order valence-electron chi connectivity index (χ4n) is 2.14. The number of hydrogen-bond donors (Lipinski definition) is 1. The molecule has 2 unspecified atom stereocenters. The zero-order chi connectivity index (χ0) is 11.1. The maximum atomic E-state index is 6.14. The Hall–Kier alpha value is -0.120. The minimum Gasteiger partial charge on any atom is -0.374 e. The van der Waals surface area contributed by atoms with E-state index in [2.05, 4.69) is 18.7 Å². The summed E-state index contributed by atoms with van der Waals surface area (Å²) in [6.45, 7) is 8.56. The molecule has 2 atom stereocenters. The van der Waals surface area contributed by atoms with Gasteiger partial charge in [-0.2, -0.15) is 0 Å². The van der Waals surface area contributed by atoms with Crippen LogP contribution in [0.25, 0.3) is 0 Å². The van der Waals surface area contributed by atoms with Crippen molar-refractivity contribution < 1.29 is 4.74 Å². The van der Waals surface area contributed by atoms with Crippen LogP contribution in [0.2, 0.25) is 0 Å². The molecule has 1 saturated heterocycles. The van der Waals surface area contributed by atoms with Gasteiger partial charge < -0.3 is 10.5 Å². The highest BCUT2D eigenvalue weighted by Crippen LogP contribution is 2.12. The van der Waals surface area contributed by atoms with E-state index in [-0.39, 0.29) is 12.1 Å². The minimum absolute atomic E-state index is 0.226. The summed E-state index contributed by atoms with van der Waals surface area (Å²) in [5.74, 6) is 0. The van der Waals surface area contributed by atoms with Gasteiger partial charge in [-0.1, -0.05) is 26.7 Å². The number of nitrogens with two attached hydrogens (primary N) is 1. The van der Waals surface area contributed by atoms with Crippen molar-refractivity contribution in [2.45, 2.75) is 51.7 Å². The Labute approximate surface area is 94.0 Å². The van der Waals surface area contributed by atoms with Crippen molar-refractivity contribution in [1.82, 2.24) is 4.90 Å². The summed E-state index contributed by atoms with van der Waals surface area (Å²) in [6, 6.07) is 0.226. The Morgan fingerprint density at radius 3 is 2.87 bits per heavy atom. The summed E-state index contributed by atoms with van der Waals surface area (Å²) in [6.07, 6.45) is 5.02. The van der Waals surface area contributed by atoms with Gasteiger partial charge in [-0.05, 0) is 19.4 Å². The molecule has 15 heavy (non-hydrogen) atoms. The van der Waals surface area contributed by atoms with Crippen molar-refractivity contribution in [1.29, 1.82) is 0 Å². The van der Waals surface area contributed by atoms with Crippen molar-refractivity contribution in [3.8, 4) is 0 Å². The molecule has 2 N–H and O–H groups in total. The van der Waals surface area contributed by atoms with Crippen molar-refractivity contribution in [2.24, 2.45) is 5.73 Å².